The summed E-state index contributed by atoms with van der Waals surface area (Å²) in [6.45, 7) is 1.19. The molecular formula is C14H17N3O4S. The normalized spacial score (nSPS) is 16.6. The van der Waals surface area contributed by atoms with Crippen LogP contribution >= 0.6 is 0 Å². The standard InChI is InChI=1S/C14H17N3O4S/c1-21-14(18)16-7-4-8-17(10-9-16)22(19,20)13-6-3-2-5-12(13)11-15/h2-3,5-6H,4,7-10H2,1H3. The summed E-state index contributed by atoms with van der Waals surface area (Å²) in [4.78, 5) is 13.0. The molecule has 1 saturated heterocycles. The smallest absolute Gasteiger partial charge is 0.409 e. The van der Waals surface area contributed by atoms with Crippen LogP contribution in [0, 0.1) is 11.3 Å². The lowest BCUT2D eigenvalue weighted by atomic mass is 10.2. The van der Waals surface area contributed by atoms with Crippen molar-refractivity contribution in [2.75, 3.05) is 33.3 Å². The molecule has 2 rings (SSSR count). The number of hydrogen-bond donors (Lipinski definition) is 0. The van der Waals surface area contributed by atoms with E-state index >= 15 is 0 Å². The van der Waals surface area contributed by atoms with E-state index in [-0.39, 0.29) is 23.5 Å². The number of carbonyl (C=O) groups is 1. The molecular weight excluding hydrogens is 306 g/mol. The lowest BCUT2D eigenvalue weighted by Gasteiger charge is -2.21. The second kappa shape index (κ2) is 6.77. The number of ether oxygens (including phenoxy) is 1. The first-order valence-electron chi connectivity index (χ1n) is 6.83. The van der Waals surface area contributed by atoms with Crippen LogP contribution in [-0.4, -0.2) is 57.0 Å². The average molecular weight is 323 g/mol. The fraction of sp³-hybridized carbons (Fsp3) is 0.429. The third-order valence-electron chi connectivity index (χ3n) is 3.51. The molecule has 22 heavy (non-hydrogen) atoms. The Balaban J connectivity index is 2.24. The first-order valence-corrected chi connectivity index (χ1v) is 8.27. The van der Waals surface area contributed by atoms with Crippen LogP contribution in [0.5, 0.6) is 0 Å². The molecule has 1 aromatic carbocycles. The van der Waals surface area contributed by atoms with Crippen molar-refractivity contribution in [2.45, 2.75) is 11.3 Å². The van der Waals surface area contributed by atoms with Crippen LogP contribution in [0.15, 0.2) is 29.2 Å². The maximum atomic E-state index is 12.7. The van der Waals surface area contributed by atoms with Crippen molar-refractivity contribution in [3.05, 3.63) is 29.8 Å². The van der Waals surface area contributed by atoms with Crippen molar-refractivity contribution in [1.29, 1.82) is 5.26 Å². The molecule has 1 aliphatic heterocycles. The fourth-order valence-corrected chi connectivity index (χ4v) is 3.98. The number of nitriles is 1. The van der Waals surface area contributed by atoms with Crippen LogP contribution in [0.25, 0.3) is 0 Å². The van der Waals surface area contributed by atoms with E-state index in [9.17, 15) is 13.2 Å². The first kappa shape index (κ1) is 16.3. The number of amides is 1. The Morgan fingerprint density at radius 3 is 2.64 bits per heavy atom. The van der Waals surface area contributed by atoms with E-state index in [1.807, 2.05) is 6.07 Å². The van der Waals surface area contributed by atoms with Gasteiger partial charge in [-0.15, -0.1) is 0 Å². The summed E-state index contributed by atoms with van der Waals surface area (Å²) in [6.07, 6.45) is 0.0555. The second-order valence-corrected chi connectivity index (χ2v) is 6.73. The molecule has 1 aliphatic rings. The highest BCUT2D eigenvalue weighted by Crippen LogP contribution is 2.21. The highest BCUT2D eigenvalue weighted by Gasteiger charge is 2.30. The number of hydrogen-bond acceptors (Lipinski definition) is 5. The Morgan fingerprint density at radius 1 is 1.23 bits per heavy atom. The first-order chi connectivity index (χ1) is 10.5. The SMILES string of the molecule is COC(=O)N1CCCN(S(=O)(=O)c2ccccc2C#N)CC1. The van der Waals surface area contributed by atoms with E-state index in [1.54, 1.807) is 12.1 Å². The number of benzene rings is 1. The molecule has 118 valence electrons. The summed E-state index contributed by atoms with van der Waals surface area (Å²) in [6, 6.07) is 8.02. The van der Waals surface area contributed by atoms with Gasteiger partial charge in [0.25, 0.3) is 0 Å². The van der Waals surface area contributed by atoms with Crippen molar-refractivity contribution in [2.24, 2.45) is 0 Å². The number of nitrogens with zero attached hydrogens (tertiary/aromatic N) is 3. The topological polar surface area (TPSA) is 90.7 Å². The highest BCUT2D eigenvalue weighted by molar-refractivity contribution is 7.89. The summed E-state index contributed by atoms with van der Waals surface area (Å²) in [5.41, 5.74) is 0.122. The van der Waals surface area contributed by atoms with Gasteiger partial charge in [-0.05, 0) is 18.6 Å². The van der Waals surface area contributed by atoms with Crippen LogP contribution in [0.1, 0.15) is 12.0 Å². The summed E-state index contributed by atoms with van der Waals surface area (Å²) >= 11 is 0. The quantitative estimate of drug-likeness (QED) is 0.810. The van der Waals surface area contributed by atoms with E-state index in [0.717, 1.165) is 0 Å². The third kappa shape index (κ3) is 3.21. The molecule has 1 aromatic rings. The molecule has 0 aliphatic carbocycles. The van der Waals surface area contributed by atoms with Gasteiger partial charge < -0.3 is 9.64 Å². The summed E-state index contributed by atoms with van der Waals surface area (Å²) in [7, 11) is -2.46. The largest absolute Gasteiger partial charge is 0.453 e. The molecule has 0 aromatic heterocycles. The maximum Gasteiger partial charge on any atom is 0.409 e. The predicted molar refractivity (Wildman–Crippen MR) is 78.5 cm³/mol. The Hall–Kier alpha value is -2.11. The Morgan fingerprint density at radius 2 is 1.95 bits per heavy atom. The van der Waals surface area contributed by atoms with Gasteiger partial charge in [-0.3, -0.25) is 0 Å². The van der Waals surface area contributed by atoms with Crippen LogP contribution < -0.4 is 0 Å². The van der Waals surface area contributed by atoms with Gasteiger partial charge in [-0.1, -0.05) is 12.1 Å². The lowest BCUT2D eigenvalue weighted by molar-refractivity contribution is 0.126. The van der Waals surface area contributed by atoms with Gasteiger partial charge in [-0.25, -0.2) is 13.2 Å². The van der Waals surface area contributed by atoms with Gasteiger partial charge in [-0.2, -0.15) is 9.57 Å². The van der Waals surface area contributed by atoms with Crippen molar-refractivity contribution in [3.63, 3.8) is 0 Å². The molecule has 0 bridgehead atoms. The Bertz CT molecular complexity index is 696. The summed E-state index contributed by atoms with van der Waals surface area (Å²) in [5.74, 6) is 0. The molecule has 0 N–H and O–H groups in total. The zero-order chi connectivity index (χ0) is 16.2. The molecule has 0 unspecified atom stereocenters. The molecule has 0 saturated carbocycles. The van der Waals surface area contributed by atoms with E-state index in [2.05, 4.69) is 4.74 Å². The number of carbonyl (C=O) groups excluding carboxylic acids is 1. The predicted octanol–water partition coefficient (Wildman–Crippen LogP) is 1.02. The van der Waals surface area contributed by atoms with Crippen LogP contribution in [0.3, 0.4) is 0 Å². The Labute approximate surface area is 129 Å². The average Bonchev–Trinajstić information content (AvgIpc) is 2.80. The number of rotatable bonds is 2. The van der Waals surface area contributed by atoms with E-state index in [1.165, 1.54) is 28.4 Å². The second-order valence-electron chi connectivity index (χ2n) is 4.82. The van der Waals surface area contributed by atoms with Crippen molar-refractivity contribution in [3.8, 4) is 6.07 Å². The van der Waals surface area contributed by atoms with Gasteiger partial charge in [0, 0.05) is 26.2 Å². The highest BCUT2D eigenvalue weighted by atomic mass is 32.2. The zero-order valence-corrected chi connectivity index (χ0v) is 13.0. The number of methoxy groups -OCH3 is 1. The van der Waals surface area contributed by atoms with Gasteiger partial charge in [0.1, 0.15) is 6.07 Å². The van der Waals surface area contributed by atoms with Crippen molar-refractivity contribution >= 4 is 16.1 Å². The van der Waals surface area contributed by atoms with Gasteiger partial charge in [0.15, 0.2) is 0 Å². The minimum atomic E-state index is -3.75. The molecule has 0 atom stereocenters. The summed E-state index contributed by atoms with van der Waals surface area (Å²) < 4.78 is 31.4. The third-order valence-corrected chi connectivity index (χ3v) is 5.47. The molecule has 1 heterocycles. The van der Waals surface area contributed by atoms with Gasteiger partial charge in [0.2, 0.25) is 10.0 Å². The maximum absolute atomic E-state index is 12.7. The molecule has 8 heteroatoms. The minimum absolute atomic E-state index is 0.00372. The van der Waals surface area contributed by atoms with E-state index < -0.39 is 16.1 Å². The summed E-state index contributed by atoms with van der Waals surface area (Å²) in [5, 5.41) is 9.08. The van der Waals surface area contributed by atoms with Crippen molar-refractivity contribution in [1.82, 2.24) is 9.21 Å². The van der Waals surface area contributed by atoms with Gasteiger partial charge >= 0.3 is 6.09 Å². The molecule has 0 radical (unpaired) electrons. The molecule has 1 amide bonds. The van der Waals surface area contributed by atoms with Crippen LogP contribution in [0.4, 0.5) is 4.79 Å². The monoisotopic (exact) mass is 323 g/mol. The number of sulfonamides is 1. The molecule has 7 nitrogen and oxygen atoms in total. The minimum Gasteiger partial charge on any atom is -0.453 e. The van der Waals surface area contributed by atoms with E-state index in [4.69, 9.17) is 5.26 Å². The van der Waals surface area contributed by atoms with Crippen molar-refractivity contribution < 1.29 is 17.9 Å². The fourth-order valence-electron chi connectivity index (χ4n) is 2.37. The Kier molecular flexibility index (Phi) is 5.00. The van der Waals surface area contributed by atoms with E-state index in [0.29, 0.717) is 19.5 Å². The van der Waals surface area contributed by atoms with Crippen LogP contribution in [0.2, 0.25) is 0 Å². The van der Waals surface area contributed by atoms with Gasteiger partial charge in [0.05, 0.1) is 17.6 Å². The lowest BCUT2D eigenvalue weighted by Crippen LogP contribution is -2.37. The van der Waals surface area contributed by atoms with Crippen LogP contribution in [-0.2, 0) is 14.8 Å². The zero-order valence-electron chi connectivity index (χ0n) is 12.2. The molecule has 0 spiro atoms. The molecule has 1 fully saturated rings.